The minimum atomic E-state index is -0.708. The number of nitrogens with zero attached hydrogens (tertiary/aromatic N) is 2. The van der Waals surface area contributed by atoms with E-state index in [0.717, 1.165) is 4.72 Å². The highest BCUT2D eigenvalue weighted by Crippen LogP contribution is 1.73. The SMILES string of the molecule is O=[N+]([O-])/C(=N\S)[NH2+][S-]. The predicted molar refractivity (Wildman–Crippen MR) is 32.7 cm³/mol. The minimum absolute atomic E-state index is 0.414. The Hall–Kier alpha value is -0.270. The van der Waals surface area contributed by atoms with Crippen LogP contribution in [0.1, 0.15) is 0 Å². The number of rotatable bonds is 0. The molecule has 0 amide bonds. The van der Waals surface area contributed by atoms with Crippen molar-refractivity contribution in [2.45, 2.75) is 0 Å². The zero-order chi connectivity index (χ0) is 6.57. The number of nitro groups is 1. The van der Waals surface area contributed by atoms with Crippen molar-refractivity contribution in [3.63, 3.8) is 0 Å². The highest BCUT2D eigenvalue weighted by Gasteiger charge is 2.06. The van der Waals surface area contributed by atoms with E-state index in [4.69, 9.17) is 0 Å². The fraction of sp³-hybridized carbons (Fsp3) is 0. The highest BCUT2D eigenvalue weighted by molar-refractivity contribution is 7.79. The molecule has 0 aromatic rings. The Morgan fingerprint density at radius 1 is 2.00 bits per heavy atom. The average Bonchev–Trinajstić information content (AvgIpc) is 1.69. The van der Waals surface area contributed by atoms with Crippen LogP contribution < -0.4 is 4.72 Å². The first-order chi connectivity index (χ1) is 3.72. The second-order valence-electron chi connectivity index (χ2n) is 0.833. The number of hydrogen-bond donors (Lipinski definition) is 2. The first-order valence-electron chi connectivity index (χ1n) is 1.54. The molecular formula is CH3N3O2S2. The summed E-state index contributed by atoms with van der Waals surface area (Å²) in [5.74, 6) is -0.414. The second kappa shape index (κ2) is 3.70. The van der Waals surface area contributed by atoms with Crippen LogP contribution in [0.4, 0.5) is 0 Å². The number of nitrogens with two attached hydrogens (primary N) is 1. The van der Waals surface area contributed by atoms with Crippen molar-refractivity contribution >= 4 is 31.6 Å². The lowest BCUT2D eigenvalue weighted by Gasteiger charge is -1.93. The molecule has 0 spiro atoms. The summed E-state index contributed by atoms with van der Waals surface area (Å²) in [5, 5.41) is 9.69. The van der Waals surface area contributed by atoms with Gasteiger partial charge in [0.2, 0.25) is 0 Å². The Kier molecular flexibility index (Phi) is 3.57. The van der Waals surface area contributed by atoms with E-state index in [2.05, 4.69) is 30.0 Å². The van der Waals surface area contributed by atoms with E-state index in [1.807, 2.05) is 0 Å². The molecule has 0 rings (SSSR count). The van der Waals surface area contributed by atoms with Gasteiger partial charge in [-0.1, -0.05) is 0 Å². The van der Waals surface area contributed by atoms with Crippen LogP contribution in [0.15, 0.2) is 4.40 Å². The van der Waals surface area contributed by atoms with Crippen LogP contribution in [0.3, 0.4) is 0 Å². The Balaban J connectivity index is 3.92. The molecule has 0 fully saturated rings. The monoisotopic (exact) mass is 153 g/mol. The average molecular weight is 153 g/mol. The van der Waals surface area contributed by atoms with Gasteiger partial charge in [0.25, 0.3) is 0 Å². The molecule has 0 aromatic carbocycles. The smallest absolute Gasteiger partial charge is 0.484 e. The van der Waals surface area contributed by atoms with E-state index in [-0.39, 0.29) is 0 Å². The number of thiol groups is 1. The summed E-state index contributed by atoms with van der Waals surface area (Å²) in [6, 6.07) is 0. The second-order valence-corrected chi connectivity index (χ2v) is 1.27. The number of guanidine groups is 1. The lowest BCUT2D eigenvalue weighted by Crippen LogP contribution is -2.84. The van der Waals surface area contributed by atoms with E-state index in [9.17, 15) is 10.1 Å². The third-order valence-corrected chi connectivity index (χ3v) is 0.811. The molecule has 0 unspecified atom stereocenters. The molecule has 0 atom stereocenters. The maximum atomic E-state index is 9.69. The largest absolute Gasteiger partial charge is 0.524 e. The van der Waals surface area contributed by atoms with Crippen LogP contribution in [-0.2, 0) is 12.8 Å². The maximum absolute atomic E-state index is 9.69. The molecule has 0 heterocycles. The van der Waals surface area contributed by atoms with Crippen molar-refractivity contribution in [2.75, 3.05) is 0 Å². The third-order valence-electron chi connectivity index (χ3n) is 0.395. The van der Waals surface area contributed by atoms with Gasteiger partial charge in [-0.05, 0) is 0 Å². The van der Waals surface area contributed by atoms with Gasteiger partial charge in [0, 0.05) is 4.92 Å². The van der Waals surface area contributed by atoms with Crippen LogP contribution in [0.25, 0.3) is 0 Å². The molecule has 0 aromatic heterocycles. The molecule has 8 heavy (non-hydrogen) atoms. The molecule has 2 N–H and O–H groups in total. The van der Waals surface area contributed by atoms with Crippen molar-refractivity contribution in [2.24, 2.45) is 4.40 Å². The van der Waals surface area contributed by atoms with Gasteiger partial charge < -0.3 is 27.7 Å². The van der Waals surface area contributed by atoms with Crippen molar-refractivity contribution in [1.29, 1.82) is 0 Å². The zero-order valence-electron chi connectivity index (χ0n) is 3.64. The molecule has 0 saturated carbocycles. The van der Waals surface area contributed by atoms with E-state index in [0.29, 0.717) is 0 Å². The van der Waals surface area contributed by atoms with Crippen molar-refractivity contribution in [3.8, 4) is 0 Å². The summed E-state index contributed by atoms with van der Waals surface area (Å²) in [4.78, 5) is 8.98. The summed E-state index contributed by atoms with van der Waals surface area (Å²) in [6.07, 6.45) is 0. The normalized spacial score (nSPS) is 11.5. The van der Waals surface area contributed by atoms with Crippen molar-refractivity contribution in [3.05, 3.63) is 10.1 Å². The highest BCUT2D eigenvalue weighted by atomic mass is 32.1. The van der Waals surface area contributed by atoms with E-state index in [1.54, 1.807) is 0 Å². The van der Waals surface area contributed by atoms with Crippen molar-refractivity contribution < 1.29 is 9.65 Å². The summed E-state index contributed by atoms with van der Waals surface area (Å²) in [7, 11) is 0. The molecule has 0 saturated heterocycles. The first kappa shape index (κ1) is 7.73. The fourth-order valence-electron chi connectivity index (χ4n) is 0.103. The van der Waals surface area contributed by atoms with E-state index in [1.165, 1.54) is 0 Å². The Bertz CT molecular complexity index is 122. The van der Waals surface area contributed by atoms with Gasteiger partial charge in [0.1, 0.15) is 0 Å². The van der Waals surface area contributed by atoms with Gasteiger partial charge in [-0.15, -0.1) is 0 Å². The van der Waals surface area contributed by atoms with Gasteiger partial charge in [0.05, 0.1) is 17.2 Å². The van der Waals surface area contributed by atoms with Gasteiger partial charge in [-0.2, -0.15) is 0 Å². The van der Waals surface area contributed by atoms with Crippen LogP contribution in [0, 0.1) is 10.1 Å². The standard InChI is InChI=1S/CH3N3O2S2/c5-4(6)1(2-7)3-8/h8H,2H2/b3-1-. The van der Waals surface area contributed by atoms with E-state index < -0.39 is 10.9 Å². The molecule has 0 radical (unpaired) electrons. The molecule has 5 nitrogen and oxygen atoms in total. The van der Waals surface area contributed by atoms with Crippen molar-refractivity contribution in [1.82, 2.24) is 0 Å². The third kappa shape index (κ3) is 2.15. The molecule has 0 aliphatic heterocycles. The van der Waals surface area contributed by atoms with Crippen LogP contribution >= 0.6 is 12.8 Å². The summed E-state index contributed by atoms with van der Waals surface area (Å²) >= 11 is 7.49. The summed E-state index contributed by atoms with van der Waals surface area (Å²) in [6.45, 7) is 0. The lowest BCUT2D eigenvalue weighted by atomic mass is 11.1. The topological polar surface area (TPSA) is 72.1 Å². The molecule has 0 aliphatic rings. The van der Waals surface area contributed by atoms with Gasteiger partial charge in [-0.25, -0.2) is 0 Å². The zero-order valence-corrected chi connectivity index (χ0v) is 5.35. The summed E-state index contributed by atoms with van der Waals surface area (Å²) < 4.78 is 3.81. The minimum Gasteiger partial charge on any atom is -0.484 e. The molecule has 0 aliphatic carbocycles. The quantitative estimate of drug-likeness (QED) is 0.111. The van der Waals surface area contributed by atoms with Gasteiger partial charge in [0.15, 0.2) is 0 Å². The molecular weight excluding hydrogens is 150 g/mol. The Morgan fingerprint density at radius 3 is 2.50 bits per heavy atom. The van der Waals surface area contributed by atoms with E-state index >= 15 is 0 Å². The van der Waals surface area contributed by atoms with Gasteiger partial charge >= 0.3 is 5.96 Å². The molecule has 46 valence electrons. The molecule has 7 heteroatoms. The Morgan fingerprint density at radius 2 is 2.50 bits per heavy atom. The van der Waals surface area contributed by atoms with Gasteiger partial charge in [-0.3, -0.25) is 0 Å². The fourth-order valence-corrected chi connectivity index (χ4v) is 0.451. The number of hydrogen-bond acceptors (Lipinski definition) is 5. The molecule has 0 bridgehead atoms. The summed E-state index contributed by atoms with van der Waals surface area (Å²) in [5.41, 5.74) is 0. The van der Waals surface area contributed by atoms with Crippen LogP contribution in [-0.4, -0.2) is 10.9 Å². The Labute approximate surface area is 56.4 Å². The van der Waals surface area contributed by atoms with Crippen LogP contribution in [0.5, 0.6) is 0 Å². The first-order valence-corrected chi connectivity index (χ1v) is 2.41. The number of quaternary nitrogens is 1. The maximum Gasteiger partial charge on any atom is 0.524 e. The van der Waals surface area contributed by atoms with Crippen LogP contribution in [0.2, 0.25) is 0 Å². The predicted octanol–water partition coefficient (Wildman–Crippen LogP) is -1.51. The lowest BCUT2D eigenvalue weighted by molar-refractivity contribution is -0.502.